The van der Waals surface area contributed by atoms with Crippen molar-refractivity contribution >= 4 is 21.6 Å². The van der Waals surface area contributed by atoms with Gasteiger partial charge in [-0.1, -0.05) is 24.6 Å². The summed E-state index contributed by atoms with van der Waals surface area (Å²) in [5, 5.41) is 10.1. The summed E-state index contributed by atoms with van der Waals surface area (Å²) < 4.78 is 37.7. The maximum Gasteiger partial charge on any atom is 0.209 e. The second-order valence-corrected chi connectivity index (χ2v) is 12.4. The minimum absolute atomic E-state index is 0.102. The summed E-state index contributed by atoms with van der Waals surface area (Å²) in [6.45, 7) is 3.16. The maximum atomic E-state index is 11.5. The number of nitrogens with zero attached hydrogens (tertiary/aromatic N) is 1. The molecule has 2 aromatic carbocycles. The van der Waals surface area contributed by atoms with Gasteiger partial charge < -0.3 is 9.47 Å². The van der Waals surface area contributed by atoms with E-state index in [4.69, 9.17) is 21.1 Å². The largest absolute Gasteiger partial charge is 0.493 e. The van der Waals surface area contributed by atoms with Gasteiger partial charge in [-0.05, 0) is 79.5 Å². The number of hydrogen-bond acceptors (Lipinski definition) is 5. The summed E-state index contributed by atoms with van der Waals surface area (Å²) in [4.78, 5) is 0. The summed E-state index contributed by atoms with van der Waals surface area (Å²) in [6, 6.07) is 12.3. The van der Waals surface area contributed by atoms with Crippen molar-refractivity contribution in [1.29, 1.82) is 5.26 Å². The molecular weight excluding hydrogens is 472 g/mol. The van der Waals surface area contributed by atoms with Crippen LogP contribution >= 0.6 is 11.6 Å². The van der Waals surface area contributed by atoms with E-state index in [0.717, 1.165) is 49.8 Å². The van der Waals surface area contributed by atoms with Crippen molar-refractivity contribution < 1.29 is 17.9 Å². The molecule has 180 valence electrons. The highest BCUT2D eigenvalue weighted by atomic mass is 35.5. The van der Waals surface area contributed by atoms with Crippen molar-refractivity contribution in [3.8, 4) is 17.6 Å². The highest BCUT2D eigenvalue weighted by Crippen LogP contribution is 2.67. The Morgan fingerprint density at radius 3 is 2.65 bits per heavy atom. The highest BCUT2D eigenvalue weighted by molar-refractivity contribution is 7.88. The SMILES string of the molecule is CCCOc1c(Cl)cc(C2CCc3cc(OCC45CC(NS(C)(=O)=O)(C4)C5)ccc32)cc1C#N. The zero-order chi connectivity index (χ0) is 24.1. The molecule has 0 aliphatic heterocycles. The lowest BCUT2D eigenvalue weighted by molar-refractivity contribution is -0.162. The molecule has 2 bridgehead atoms. The van der Waals surface area contributed by atoms with Crippen LogP contribution < -0.4 is 14.2 Å². The van der Waals surface area contributed by atoms with Crippen LogP contribution in [0.2, 0.25) is 5.02 Å². The summed E-state index contributed by atoms with van der Waals surface area (Å²) in [7, 11) is -3.17. The van der Waals surface area contributed by atoms with Gasteiger partial charge in [-0.3, -0.25) is 0 Å². The van der Waals surface area contributed by atoms with E-state index in [1.807, 2.05) is 25.1 Å². The van der Waals surface area contributed by atoms with Crippen molar-refractivity contribution in [3.63, 3.8) is 0 Å². The van der Waals surface area contributed by atoms with Gasteiger partial charge in [0.15, 0.2) is 5.75 Å². The summed E-state index contributed by atoms with van der Waals surface area (Å²) in [6.07, 6.45) is 6.51. The van der Waals surface area contributed by atoms with Crippen molar-refractivity contribution in [1.82, 2.24) is 4.72 Å². The predicted octanol–water partition coefficient (Wildman–Crippen LogP) is 4.93. The smallest absolute Gasteiger partial charge is 0.209 e. The number of benzene rings is 2. The van der Waals surface area contributed by atoms with E-state index >= 15 is 0 Å². The molecule has 4 aliphatic carbocycles. The van der Waals surface area contributed by atoms with Crippen LogP contribution in [0.3, 0.4) is 0 Å². The molecule has 0 heterocycles. The molecule has 1 unspecified atom stereocenters. The van der Waals surface area contributed by atoms with Crippen LogP contribution in [0.5, 0.6) is 11.5 Å². The molecule has 6 nitrogen and oxygen atoms in total. The molecule has 8 heteroatoms. The summed E-state index contributed by atoms with van der Waals surface area (Å²) in [5.74, 6) is 1.51. The molecule has 2 aromatic rings. The Labute approximate surface area is 206 Å². The number of nitriles is 1. The quantitative estimate of drug-likeness (QED) is 0.527. The van der Waals surface area contributed by atoms with E-state index in [0.29, 0.717) is 29.5 Å². The van der Waals surface area contributed by atoms with Crippen LogP contribution in [0.4, 0.5) is 0 Å². The first-order valence-corrected chi connectivity index (χ1v) is 14.0. The van der Waals surface area contributed by atoms with Gasteiger partial charge in [0.25, 0.3) is 0 Å². The molecule has 0 spiro atoms. The van der Waals surface area contributed by atoms with Crippen molar-refractivity contribution in [2.75, 3.05) is 19.5 Å². The van der Waals surface area contributed by atoms with Crippen LogP contribution in [-0.4, -0.2) is 33.4 Å². The van der Waals surface area contributed by atoms with Gasteiger partial charge in [-0.2, -0.15) is 5.26 Å². The van der Waals surface area contributed by atoms with Crippen molar-refractivity contribution in [2.45, 2.75) is 56.9 Å². The molecule has 0 saturated heterocycles. The van der Waals surface area contributed by atoms with Gasteiger partial charge in [0.1, 0.15) is 11.8 Å². The average molecular weight is 501 g/mol. The Bertz CT molecular complexity index is 1260. The molecule has 3 saturated carbocycles. The molecule has 1 atom stereocenters. The Morgan fingerprint density at radius 1 is 1.21 bits per heavy atom. The van der Waals surface area contributed by atoms with Crippen LogP contribution in [-0.2, 0) is 16.4 Å². The third-order valence-corrected chi connectivity index (χ3v) is 8.40. The van der Waals surface area contributed by atoms with Crippen LogP contribution in [0.15, 0.2) is 30.3 Å². The lowest BCUT2D eigenvalue weighted by Gasteiger charge is -2.69. The normalized spacial score (nSPS) is 26.7. The van der Waals surface area contributed by atoms with E-state index in [9.17, 15) is 13.7 Å². The van der Waals surface area contributed by atoms with E-state index in [2.05, 4.69) is 22.9 Å². The molecular formula is C26H29ClN2O4S. The third kappa shape index (κ3) is 4.28. The lowest BCUT2D eigenvalue weighted by atomic mass is 9.40. The molecule has 3 fully saturated rings. The molecule has 0 aromatic heterocycles. The lowest BCUT2D eigenvalue weighted by Crippen LogP contribution is -2.76. The third-order valence-electron chi connectivity index (χ3n) is 7.32. The van der Waals surface area contributed by atoms with E-state index in [-0.39, 0.29) is 16.9 Å². The zero-order valence-electron chi connectivity index (χ0n) is 19.5. The fraction of sp³-hybridized carbons (Fsp3) is 0.500. The molecule has 6 rings (SSSR count). The highest BCUT2D eigenvalue weighted by Gasteiger charge is 2.69. The van der Waals surface area contributed by atoms with Crippen molar-refractivity contribution in [2.24, 2.45) is 5.41 Å². The number of halogens is 1. The number of sulfonamides is 1. The van der Waals surface area contributed by atoms with E-state index < -0.39 is 10.0 Å². The zero-order valence-corrected chi connectivity index (χ0v) is 21.1. The van der Waals surface area contributed by atoms with Crippen molar-refractivity contribution in [3.05, 3.63) is 57.6 Å². The average Bonchev–Trinajstić information content (AvgIpc) is 3.15. The Kier molecular flexibility index (Phi) is 5.83. The van der Waals surface area contributed by atoms with Gasteiger partial charge in [0.2, 0.25) is 10.0 Å². The van der Waals surface area contributed by atoms with Crippen LogP contribution in [0, 0.1) is 16.7 Å². The Morgan fingerprint density at radius 2 is 1.97 bits per heavy atom. The number of hydrogen-bond donors (Lipinski definition) is 1. The predicted molar refractivity (Wildman–Crippen MR) is 131 cm³/mol. The number of fused-ring (bicyclic) bond motifs is 1. The first kappa shape index (κ1) is 23.5. The second kappa shape index (κ2) is 8.44. The fourth-order valence-electron chi connectivity index (χ4n) is 6.17. The number of nitrogens with one attached hydrogen (secondary N) is 1. The van der Waals surface area contributed by atoms with Crippen LogP contribution in [0.1, 0.15) is 67.2 Å². The molecule has 4 aliphatic rings. The van der Waals surface area contributed by atoms with Gasteiger partial charge in [0.05, 0.1) is 30.1 Å². The first-order valence-electron chi connectivity index (χ1n) is 11.8. The topological polar surface area (TPSA) is 88.4 Å². The monoisotopic (exact) mass is 500 g/mol. The van der Waals surface area contributed by atoms with Gasteiger partial charge in [0, 0.05) is 16.9 Å². The molecule has 0 radical (unpaired) electrons. The van der Waals surface area contributed by atoms with Gasteiger partial charge in [-0.15, -0.1) is 0 Å². The fourth-order valence-corrected chi connectivity index (χ4v) is 7.45. The summed E-state index contributed by atoms with van der Waals surface area (Å²) >= 11 is 6.50. The second-order valence-electron chi connectivity index (χ2n) is 10.3. The molecule has 34 heavy (non-hydrogen) atoms. The minimum atomic E-state index is -3.17. The summed E-state index contributed by atoms with van der Waals surface area (Å²) in [5.41, 5.74) is 3.89. The number of ether oxygens (including phenoxy) is 2. The minimum Gasteiger partial charge on any atom is -0.493 e. The number of aryl methyl sites for hydroxylation is 1. The number of rotatable bonds is 9. The molecule has 1 N–H and O–H groups in total. The Hall–Kier alpha value is -2.27. The van der Waals surface area contributed by atoms with Gasteiger partial charge in [-0.25, -0.2) is 13.1 Å². The first-order chi connectivity index (χ1) is 16.1. The van der Waals surface area contributed by atoms with Crippen LogP contribution in [0.25, 0.3) is 0 Å². The van der Waals surface area contributed by atoms with Gasteiger partial charge >= 0.3 is 0 Å². The maximum absolute atomic E-state index is 11.5. The Balaban J connectivity index is 1.26. The van der Waals surface area contributed by atoms with E-state index in [1.54, 1.807) is 0 Å². The standard InChI is InChI=1S/C26H29ClN2O4S/c1-3-8-32-24-19(12-28)9-18(11-23(24)27)22-6-4-17-10-20(5-7-21(17)22)33-16-25-13-26(14-25,15-25)29-34(2,30)31/h5,7,9-11,22,29H,3-4,6,8,13-16H2,1-2H3. The molecule has 0 amide bonds. The van der Waals surface area contributed by atoms with E-state index in [1.165, 1.54) is 17.4 Å².